The molecule has 2 N–H and O–H groups in total. The van der Waals surface area contributed by atoms with Gasteiger partial charge in [-0.3, -0.25) is 4.68 Å². The first-order chi connectivity index (χ1) is 17.2. The van der Waals surface area contributed by atoms with Gasteiger partial charge in [0.05, 0.1) is 23.4 Å². The lowest BCUT2D eigenvalue weighted by Crippen LogP contribution is -2.22. The van der Waals surface area contributed by atoms with E-state index >= 15 is 0 Å². The fourth-order valence-corrected chi connectivity index (χ4v) is 5.53. The number of aromatic nitrogens is 4. The van der Waals surface area contributed by atoms with Crippen molar-refractivity contribution in [3.05, 3.63) is 64.5 Å². The molecule has 3 heterocycles. The Morgan fingerprint density at radius 1 is 1.19 bits per heavy atom. The van der Waals surface area contributed by atoms with Gasteiger partial charge in [0.25, 0.3) is 0 Å². The molecule has 0 aliphatic heterocycles. The molecule has 10 heteroatoms. The van der Waals surface area contributed by atoms with Crippen molar-refractivity contribution in [2.45, 2.75) is 64.2 Å². The van der Waals surface area contributed by atoms with Crippen molar-refractivity contribution in [2.75, 3.05) is 0 Å². The highest BCUT2D eigenvalue weighted by atomic mass is 35.5. The number of ether oxygens (including phenoxy) is 1. The van der Waals surface area contributed by atoms with E-state index in [1.807, 2.05) is 23.9 Å². The van der Waals surface area contributed by atoms with Crippen molar-refractivity contribution >= 4 is 22.6 Å². The van der Waals surface area contributed by atoms with Gasteiger partial charge in [0.15, 0.2) is 0 Å². The molecule has 190 valence electrons. The largest absolute Gasteiger partial charge is 0.434 e. The number of nitrogens with zero attached hydrogens (tertiary/aromatic N) is 3. The van der Waals surface area contributed by atoms with Crippen LogP contribution >= 0.6 is 11.6 Å². The molecule has 0 amide bonds. The summed E-state index contributed by atoms with van der Waals surface area (Å²) in [6.45, 7) is 0.703. The number of hydrogen-bond acceptors (Lipinski definition) is 4. The molecule has 0 bridgehead atoms. The van der Waals surface area contributed by atoms with Gasteiger partial charge in [-0.1, -0.05) is 18.5 Å². The van der Waals surface area contributed by atoms with Crippen molar-refractivity contribution in [3.63, 3.8) is 0 Å². The van der Waals surface area contributed by atoms with Crippen molar-refractivity contribution < 1.29 is 23.0 Å². The maximum Gasteiger partial charge on any atom is 0.387 e. The highest BCUT2D eigenvalue weighted by molar-refractivity contribution is 6.31. The number of benzene rings is 1. The molecule has 36 heavy (non-hydrogen) atoms. The number of rotatable bonds is 6. The van der Waals surface area contributed by atoms with Gasteiger partial charge in [0.1, 0.15) is 17.2 Å². The molecule has 3 aromatic heterocycles. The summed E-state index contributed by atoms with van der Waals surface area (Å²) in [4.78, 5) is 7.66. The lowest BCUT2D eigenvalue weighted by molar-refractivity contribution is -0.0505. The van der Waals surface area contributed by atoms with Crippen LogP contribution in [0.1, 0.15) is 61.4 Å². The highest BCUT2D eigenvalue weighted by Gasteiger charge is 2.26. The molecule has 1 aliphatic rings. The second kappa shape index (κ2) is 9.78. The molecule has 0 radical (unpaired) electrons. The second-order valence-corrected chi connectivity index (χ2v) is 9.67. The second-order valence-electron chi connectivity index (χ2n) is 9.29. The van der Waals surface area contributed by atoms with Crippen LogP contribution in [-0.4, -0.2) is 37.6 Å². The van der Waals surface area contributed by atoms with Crippen LogP contribution in [0.5, 0.6) is 5.75 Å². The molecule has 0 saturated heterocycles. The topological polar surface area (TPSA) is 76.0 Å². The van der Waals surface area contributed by atoms with Crippen molar-refractivity contribution in [3.8, 4) is 16.9 Å². The Hall–Kier alpha value is -3.04. The highest BCUT2D eigenvalue weighted by Crippen LogP contribution is 2.42. The summed E-state index contributed by atoms with van der Waals surface area (Å²) in [6.07, 6.45) is 8.33. The molecule has 5 rings (SSSR count). The molecule has 1 atom stereocenters. The summed E-state index contributed by atoms with van der Waals surface area (Å²) in [5.74, 6) is -1.45. The van der Waals surface area contributed by atoms with Crippen LogP contribution in [0.2, 0.25) is 5.02 Å². The van der Waals surface area contributed by atoms with Crippen LogP contribution in [-0.2, 0) is 0 Å². The molecule has 1 aromatic carbocycles. The Labute approximate surface area is 211 Å². The van der Waals surface area contributed by atoms with Gasteiger partial charge < -0.3 is 14.8 Å². The molecule has 1 unspecified atom stereocenters. The Kier molecular flexibility index (Phi) is 6.70. The monoisotopic (exact) mass is 518 g/mol. The quantitative estimate of drug-likeness (QED) is 0.296. The zero-order valence-corrected chi connectivity index (χ0v) is 20.6. The average Bonchev–Trinajstić information content (AvgIpc) is 3.44. The minimum atomic E-state index is -3.07. The van der Waals surface area contributed by atoms with Gasteiger partial charge in [0, 0.05) is 46.1 Å². The van der Waals surface area contributed by atoms with E-state index < -0.39 is 18.3 Å². The summed E-state index contributed by atoms with van der Waals surface area (Å²) in [5.41, 5.74) is 4.26. The predicted octanol–water partition coefficient (Wildman–Crippen LogP) is 6.76. The molecular formula is C26H26ClF3N4O2. The summed E-state index contributed by atoms with van der Waals surface area (Å²) in [7, 11) is 0. The third-order valence-electron chi connectivity index (χ3n) is 7.14. The van der Waals surface area contributed by atoms with Gasteiger partial charge in [-0.05, 0) is 56.4 Å². The van der Waals surface area contributed by atoms with Crippen LogP contribution in [0.3, 0.4) is 0 Å². The van der Waals surface area contributed by atoms with Crippen LogP contribution in [0, 0.1) is 12.7 Å². The Morgan fingerprint density at radius 3 is 2.67 bits per heavy atom. The Bertz CT molecular complexity index is 1400. The lowest BCUT2D eigenvalue weighted by atomic mass is 9.91. The third kappa shape index (κ3) is 4.46. The summed E-state index contributed by atoms with van der Waals surface area (Å²) >= 11 is 6.23. The van der Waals surface area contributed by atoms with E-state index in [1.165, 1.54) is 6.07 Å². The number of H-pyrrole nitrogens is 1. The maximum atomic E-state index is 14.3. The maximum absolute atomic E-state index is 14.3. The van der Waals surface area contributed by atoms with Gasteiger partial charge in [-0.15, -0.1) is 0 Å². The Balaban J connectivity index is 1.53. The van der Waals surface area contributed by atoms with Gasteiger partial charge in [-0.2, -0.15) is 13.9 Å². The number of aliphatic hydroxyl groups excluding tert-OH is 1. The molecule has 4 aromatic rings. The summed E-state index contributed by atoms with van der Waals surface area (Å²) < 4.78 is 47.0. The van der Waals surface area contributed by atoms with Crippen molar-refractivity contribution in [2.24, 2.45) is 0 Å². The lowest BCUT2D eigenvalue weighted by Gasteiger charge is -2.26. The molecular weight excluding hydrogens is 493 g/mol. The van der Waals surface area contributed by atoms with E-state index in [9.17, 15) is 18.3 Å². The number of nitrogens with one attached hydrogen (secondary N) is 1. The van der Waals surface area contributed by atoms with Crippen molar-refractivity contribution in [1.29, 1.82) is 0 Å². The number of aromatic amines is 1. The number of fused-ring (bicyclic) bond motifs is 1. The minimum absolute atomic E-state index is 0.145. The number of aliphatic hydroxyl groups is 1. The fourth-order valence-electron chi connectivity index (χ4n) is 5.21. The standard InChI is InChI=1S/C26H26ClF3N4O2/c1-13(23-22(36-26(29)30)8-7-21(28)24(23)27)19-11-32-25-18(19)9-15(10-31-25)20-12-33-34(14(20)2)16-3-5-17(35)6-4-16/h7-13,16-17,26,35H,3-6H2,1-2H3,(H,31,32). The normalized spacial score (nSPS) is 19.2. The zero-order chi connectivity index (χ0) is 25.6. The van der Waals surface area contributed by atoms with Crippen LogP contribution in [0.15, 0.2) is 36.8 Å². The van der Waals surface area contributed by atoms with Crippen LogP contribution in [0.4, 0.5) is 13.2 Å². The first-order valence-electron chi connectivity index (χ1n) is 11.9. The fraction of sp³-hybridized carbons (Fsp3) is 0.385. The first kappa shape index (κ1) is 24.6. The van der Waals surface area contributed by atoms with E-state index in [1.54, 1.807) is 19.3 Å². The summed E-state index contributed by atoms with van der Waals surface area (Å²) in [5, 5.41) is 15.0. The van der Waals surface area contributed by atoms with E-state index in [4.69, 9.17) is 11.6 Å². The van der Waals surface area contributed by atoms with E-state index in [0.29, 0.717) is 5.65 Å². The van der Waals surface area contributed by atoms with E-state index in [-0.39, 0.29) is 28.5 Å². The average molecular weight is 519 g/mol. The molecule has 6 nitrogen and oxygen atoms in total. The number of pyridine rings is 1. The molecule has 1 saturated carbocycles. The van der Waals surface area contributed by atoms with E-state index in [2.05, 4.69) is 19.8 Å². The number of alkyl halides is 2. The smallest absolute Gasteiger partial charge is 0.387 e. The Morgan fingerprint density at radius 2 is 1.94 bits per heavy atom. The zero-order valence-electron chi connectivity index (χ0n) is 19.8. The molecule has 1 fully saturated rings. The predicted molar refractivity (Wildman–Crippen MR) is 131 cm³/mol. The number of halogens is 4. The summed E-state index contributed by atoms with van der Waals surface area (Å²) in [6, 6.07) is 4.38. The first-order valence-corrected chi connectivity index (χ1v) is 12.2. The van der Waals surface area contributed by atoms with Gasteiger partial charge in [0.2, 0.25) is 0 Å². The third-order valence-corrected chi connectivity index (χ3v) is 7.52. The van der Waals surface area contributed by atoms with Crippen molar-refractivity contribution in [1.82, 2.24) is 19.7 Å². The van der Waals surface area contributed by atoms with Crippen LogP contribution < -0.4 is 4.74 Å². The number of hydrogen-bond donors (Lipinski definition) is 2. The van der Waals surface area contributed by atoms with Crippen LogP contribution in [0.25, 0.3) is 22.2 Å². The molecule has 0 spiro atoms. The van der Waals surface area contributed by atoms with Gasteiger partial charge in [-0.25, -0.2) is 9.37 Å². The van der Waals surface area contributed by atoms with E-state index in [0.717, 1.165) is 59.5 Å². The van der Waals surface area contributed by atoms with Gasteiger partial charge >= 0.3 is 6.61 Å². The minimum Gasteiger partial charge on any atom is -0.434 e. The molecule has 1 aliphatic carbocycles. The SMILES string of the molecule is Cc1c(-c2cnc3[nH]cc(C(C)c4c(OC(F)F)ccc(F)c4Cl)c3c2)cnn1C1CCC(O)CC1.